The number of nitrogens with one attached hydrogen (secondary N) is 1. The molecule has 4 saturated heterocycles. The Bertz CT molecular complexity index is 2620. The maximum atomic E-state index is 15.4. The number of benzene rings is 2. The number of hydrogen-bond donors (Lipinski definition) is 1. The molecule has 5 atom stereocenters. The number of halogens is 3. The lowest BCUT2D eigenvalue weighted by Gasteiger charge is -2.55. The highest BCUT2D eigenvalue weighted by Crippen LogP contribution is 2.40. The Morgan fingerprint density at radius 1 is 0.897 bits per heavy atom. The van der Waals surface area contributed by atoms with E-state index in [-0.39, 0.29) is 35.8 Å². The van der Waals surface area contributed by atoms with Gasteiger partial charge in [0.25, 0.3) is 0 Å². The standard InChI is InChI=1S/C41H41F3N12O2/c1-22-46-33-13-24(43)11-29-32-5-3-6-36(48-32)47-25-14-35(40(57)52-9-4-10-58-28(20-52)21-53(22)37(29)33)54(17-25)38-30-16-45-56(34-8-7-23(42)12-31(34)44)39(30)50-41(49-38)55-26-15-27(55)19-51(2)18-26/h3,5-8,11-13,16,25-28,35H,4,9-10,14-15,17-21H2,1-2H3,(H,47,48)/t25-,26?,27?,28-,35-/m0/s1. The number of rotatable bonds is 3. The Kier molecular flexibility index (Phi) is 8.15. The molecule has 0 aliphatic carbocycles. The summed E-state index contributed by atoms with van der Waals surface area (Å²) in [5.41, 5.74) is 2.92. The number of carbonyl (C=O) groups excluding carboxylic acids is 1. The van der Waals surface area contributed by atoms with Crippen LogP contribution in [-0.4, -0.2) is 127 Å². The number of piperazine rings is 1. The van der Waals surface area contributed by atoms with Gasteiger partial charge in [0.1, 0.15) is 40.8 Å². The maximum absolute atomic E-state index is 15.4. The topological polar surface area (TPSA) is 126 Å². The van der Waals surface area contributed by atoms with Crippen molar-refractivity contribution >= 4 is 45.6 Å². The molecule has 9 heterocycles. The number of pyridine rings is 1. The molecular weight excluding hydrogens is 750 g/mol. The average Bonchev–Trinajstić information content (AvgIpc) is 3.83. The minimum absolute atomic E-state index is 0.0546. The highest BCUT2D eigenvalue weighted by molar-refractivity contribution is 5.94. The van der Waals surface area contributed by atoms with Crippen LogP contribution in [0.25, 0.3) is 39.0 Å². The second-order valence-corrected chi connectivity index (χ2v) is 16.3. The van der Waals surface area contributed by atoms with Crippen molar-refractivity contribution in [2.75, 3.05) is 61.5 Å². The van der Waals surface area contributed by atoms with Gasteiger partial charge in [-0.05, 0) is 63.6 Å². The van der Waals surface area contributed by atoms with Gasteiger partial charge in [-0.1, -0.05) is 6.07 Å². The fourth-order valence-corrected chi connectivity index (χ4v) is 9.86. The van der Waals surface area contributed by atoms with Crippen LogP contribution in [0.15, 0.2) is 54.7 Å². The number of anilines is 3. The van der Waals surface area contributed by atoms with Crippen molar-refractivity contribution in [2.24, 2.45) is 0 Å². The molecule has 0 saturated carbocycles. The van der Waals surface area contributed by atoms with Crippen LogP contribution in [-0.2, 0) is 16.1 Å². The number of likely N-dealkylation sites (N-methyl/N-ethyl adjacent to an activating group) is 1. The number of aromatic nitrogens is 7. The molecular formula is C41H41F3N12O2. The van der Waals surface area contributed by atoms with Crippen LogP contribution in [0.2, 0.25) is 0 Å². The van der Waals surface area contributed by atoms with Gasteiger partial charge in [0.05, 0.1) is 41.0 Å². The van der Waals surface area contributed by atoms with Crippen LogP contribution in [0.1, 0.15) is 25.1 Å². The Morgan fingerprint density at radius 2 is 1.76 bits per heavy atom. The van der Waals surface area contributed by atoms with Crippen LogP contribution >= 0.6 is 0 Å². The van der Waals surface area contributed by atoms with Crippen LogP contribution in [0, 0.1) is 24.4 Å². The summed E-state index contributed by atoms with van der Waals surface area (Å²) in [6, 6.07) is 11.4. The van der Waals surface area contributed by atoms with Gasteiger partial charge in [0.2, 0.25) is 11.9 Å². The first-order valence-corrected chi connectivity index (χ1v) is 19.9. The van der Waals surface area contributed by atoms with E-state index in [0.717, 1.165) is 31.1 Å². The van der Waals surface area contributed by atoms with E-state index in [1.54, 1.807) is 6.20 Å². The molecule has 6 aromatic rings. The van der Waals surface area contributed by atoms with Gasteiger partial charge >= 0.3 is 0 Å². The molecule has 2 unspecified atom stereocenters. The van der Waals surface area contributed by atoms with Gasteiger partial charge in [-0.25, -0.2) is 27.8 Å². The quantitative estimate of drug-likeness (QED) is 0.272. The zero-order valence-electron chi connectivity index (χ0n) is 32.0. The highest BCUT2D eigenvalue weighted by atomic mass is 19.1. The van der Waals surface area contributed by atoms with Crippen LogP contribution in [0.4, 0.5) is 30.8 Å². The molecule has 5 aliphatic rings. The molecule has 8 bridgehead atoms. The molecule has 4 fully saturated rings. The van der Waals surface area contributed by atoms with E-state index in [1.165, 1.54) is 28.9 Å². The zero-order chi connectivity index (χ0) is 39.4. The number of likely N-dealkylation sites (tertiary alicyclic amines) is 1. The van der Waals surface area contributed by atoms with Crippen molar-refractivity contribution in [3.8, 4) is 16.9 Å². The third-order valence-electron chi connectivity index (χ3n) is 12.4. The molecule has 0 radical (unpaired) electrons. The summed E-state index contributed by atoms with van der Waals surface area (Å²) in [5.74, 6) is 0.355. The maximum Gasteiger partial charge on any atom is 0.245 e. The number of nitrogens with zero attached hydrogens (tertiary/aromatic N) is 11. The monoisotopic (exact) mass is 790 g/mol. The third-order valence-corrected chi connectivity index (χ3v) is 12.4. The summed E-state index contributed by atoms with van der Waals surface area (Å²) in [5, 5.41) is 8.74. The van der Waals surface area contributed by atoms with E-state index in [0.29, 0.717) is 96.8 Å². The first-order valence-electron chi connectivity index (χ1n) is 19.9. The number of imidazole rings is 1. The molecule has 5 aliphatic heterocycles. The van der Waals surface area contributed by atoms with Crippen molar-refractivity contribution in [2.45, 2.75) is 63.0 Å². The van der Waals surface area contributed by atoms with Gasteiger partial charge in [-0.2, -0.15) is 15.1 Å². The number of aryl methyl sites for hydroxylation is 1. The summed E-state index contributed by atoms with van der Waals surface area (Å²) in [7, 11) is 2.10. The smallest absolute Gasteiger partial charge is 0.245 e. The Hall–Kier alpha value is -5.81. The largest absolute Gasteiger partial charge is 0.374 e. The van der Waals surface area contributed by atoms with E-state index in [4.69, 9.17) is 24.7 Å². The fraction of sp³-hybridized carbons (Fsp3) is 0.415. The lowest BCUT2D eigenvalue weighted by Crippen LogP contribution is -2.68. The summed E-state index contributed by atoms with van der Waals surface area (Å²) < 4.78 is 54.5. The van der Waals surface area contributed by atoms with Crippen LogP contribution in [0.5, 0.6) is 0 Å². The summed E-state index contributed by atoms with van der Waals surface area (Å²) in [6.07, 6.45) is 3.34. The minimum Gasteiger partial charge on any atom is -0.374 e. The van der Waals surface area contributed by atoms with Gasteiger partial charge in [-0.15, -0.1) is 0 Å². The predicted octanol–water partition coefficient (Wildman–Crippen LogP) is 4.54. The van der Waals surface area contributed by atoms with Crippen molar-refractivity contribution in [3.63, 3.8) is 0 Å². The van der Waals surface area contributed by atoms with E-state index in [2.05, 4.69) is 27.3 Å². The third kappa shape index (κ3) is 5.76. The lowest BCUT2D eigenvalue weighted by atomic mass is 9.88. The number of piperidine rings is 1. The van der Waals surface area contributed by atoms with E-state index >= 15 is 13.6 Å². The van der Waals surface area contributed by atoms with Crippen LogP contribution in [0.3, 0.4) is 0 Å². The number of ether oxygens (including phenoxy) is 1. The molecule has 4 aromatic heterocycles. The van der Waals surface area contributed by atoms with Crippen molar-refractivity contribution in [3.05, 3.63) is 78.0 Å². The van der Waals surface area contributed by atoms with Crippen molar-refractivity contribution in [1.29, 1.82) is 0 Å². The molecule has 14 nitrogen and oxygen atoms in total. The van der Waals surface area contributed by atoms with Gasteiger partial charge in [0, 0.05) is 75.2 Å². The molecule has 1 N–H and O–H groups in total. The normalized spacial score (nSPS) is 24.7. The van der Waals surface area contributed by atoms with Crippen molar-refractivity contribution < 1.29 is 22.7 Å². The summed E-state index contributed by atoms with van der Waals surface area (Å²) >= 11 is 0. The molecule has 58 heavy (non-hydrogen) atoms. The SMILES string of the molecule is Cc1nc2cc(F)cc3c2n1C[C@@H]1CN(CCCO1)C(=O)[C@@H]1C[C@@H](CN1c1nc(N2C4CC2CN(C)C4)nc2c1cnn2-c1ccc(F)cc1F)Nc1cccc-3n1. The summed E-state index contributed by atoms with van der Waals surface area (Å²) in [6.45, 7) is 5.71. The second kappa shape index (κ2) is 13.4. The van der Waals surface area contributed by atoms with E-state index in [1.807, 2.05) is 39.5 Å². The first-order chi connectivity index (χ1) is 28.1. The van der Waals surface area contributed by atoms with E-state index < -0.39 is 23.5 Å². The zero-order valence-corrected chi connectivity index (χ0v) is 32.0. The predicted molar refractivity (Wildman–Crippen MR) is 211 cm³/mol. The van der Waals surface area contributed by atoms with Gasteiger partial charge in [0.15, 0.2) is 11.5 Å². The lowest BCUT2D eigenvalue weighted by molar-refractivity contribution is -0.133. The number of hydrogen-bond acceptors (Lipinski definition) is 11. The molecule has 11 rings (SSSR count). The second-order valence-electron chi connectivity index (χ2n) is 16.3. The average molecular weight is 791 g/mol. The Labute approximate surface area is 331 Å². The van der Waals surface area contributed by atoms with Crippen LogP contribution < -0.4 is 15.1 Å². The Balaban J connectivity index is 1.05. The number of amides is 1. The number of fused-ring (bicyclic) bond motifs is 10. The summed E-state index contributed by atoms with van der Waals surface area (Å²) in [4.78, 5) is 43.5. The molecule has 298 valence electrons. The minimum atomic E-state index is -0.773. The molecule has 17 heteroatoms. The Morgan fingerprint density at radius 3 is 2.60 bits per heavy atom. The molecule has 1 amide bonds. The first kappa shape index (κ1) is 35.4. The molecule has 0 spiro atoms. The van der Waals surface area contributed by atoms with E-state index in [9.17, 15) is 4.39 Å². The van der Waals surface area contributed by atoms with Gasteiger partial charge in [-0.3, -0.25) is 4.79 Å². The fourth-order valence-electron chi connectivity index (χ4n) is 9.86. The molecule has 2 aromatic carbocycles. The number of carbonyl (C=O) groups is 1. The van der Waals surface area contributed by atoms with Gasteiger partial charge < -0.3 is 34.2 Å². The van der Waals surface area contributed by atoms with Crippen molar-refractivity contribution in [1.82, 2.24) is 44.1 Å². The highest BCUT2D eigenvalue weighted by Gasteiger charge is 2.47.